The Morgan fingerprint density at radius 2 is 2.25 bits per heavy atom. The molecule has 8 heavy (non-hydrogen) atoms. The Morgan fingerprint density at radius 1 is 1.88 bits per heavy atom. The molecule has 2 nitrogen and oxygen atoms in total. The van der Waals surface area contributed by atoms with Gasteiger partial charge in [-0.1, -0.05) is 12.2 Å². The number of rotatable bonds is 2. The van der Waals surface area contributed by atoms with Crippen LogP contribution in [0.4, 0.5) is 0 Å². The molecule has 0 aliphatic carbocycles. The van der Waals surface area contributed by atoms with E-state index in [-0.39, 0.29) is 0 Å². The zero-order chi connectivity index (χ0) is 6.73. The summed E-state index contributed by atoms with van der Waals surface area (Å²) < 4.78 is 0. The standard InChI is InChI=1S/C5H7ClO2/c1-3(2)4(6)5(7)8/h4H,1H2,2H3,(H,7,8). The number of carboxylic acids is 1. The van der Waals surface area contributed by atoms with Crippen LogP contribution >= 0.6 is 11.6 Å². The summed E-state index contributed by atoms with van der Waals surface area (Å²) in [6.45, 7) is 4.94. The van der Waals surface area contributed by atoms with Crippen molar-refractivity contribution in [2.24, 2.45) is 0 Å². The molecule has 0 saturated heterocycles. The lowest BCUT2D eigenvalue weighted by Gasteiger charge is -1.98. The predicted octanol–water partition coefficient (Wildman–Crippen LogP) is 1.25. The van der Waals surface area contributed by atoms with Crippen LogP contribution in [0.5, 0.6) is 0 Å². The van der Waals surface area contributed by atoms with Gasteiger partial charge in [-0.25, -0.2) is 0 Å². The van der Waals surface area contributed by atoms with Gasteiger partial charge in [0.15, 0.2) is 5.38 Å². The number of aliphatic carboxylic acids is 1. The molecule has 0 aromatic heterocycles. The van der Waals surface area contributed by atoms with Gasteiger partial charge in [0.25, 0.3) is 0 Å². The average molecular weight is 135 g/mol. The summed E-state index contributed by atoms with van der Waals surface area (Å²) in [4.78, 5) is 9.95. The van der Waals surface area contributed by atoms with Crippen molar-refractivity contribution in [1.29, 1.82) is 0 Å². The number of carbonyl (C=O) groups is 1. The van der Waals surface area contributed by atoms with Crippen LogP contribution in [0.3, 0.4) is 0 Å². The van der Waals surface area contributed by atoms with Gasteiger partial charge >= 0.3 is 5.97 Å². The van der Waals surface area contributed by atoms with E-state index >= 15 is 0 Å². The lowest BCUT2D eigenvalue weighted by Crippen LogP contribution is -2.13. The van der Waals surface area contributed by atoms with Crippen molar-refractivity contribution in [3.8, 4) is 0 Å². The van der Waals surface area contributed by atoms with Crippen molar-refractivity contribution in [3.63, 3.8) is 0 Å². The van der Waals surface area contributed by atoms with Crippen molar-refractivity contribution < 1.29 is 9.90 Å². The van der Waals surface area contributed by atoms with Crippen LogP contribution in [0.25, 0.3) is 0 Å². The molecule has 0 aliphatic rings. The number of alkyl halides is 1. The molecule has 0 fully saturated rings. The van der Waals surface area contributed by atoms with Gasteiger partial charge in [-0.05, 0) is 6.92 Å². The predicted molar refractivity (Wildman–Crippen MR) is 32.1 cm³/mol. The first kappa shape index (κ1) is 7.50. The van der Waals surface area contributed by atoms with Crippen molar-refractivity contribution in [2.75, 3.05) is 0 Å². The lowest BCUT2D eigenvalue weighted by molar-refractivity contribution is -0.135. The second-order valence-corrected chi connectivity index (χ2v) is 1.98. The Labute approximate surface area is 52.8 Å². The molecule has 0 rings (SSSR count). The minimum Gasteiger partial charge on any atom is -0.480 e. The van der Waals surface area contributed by atoms with Crippen LogP contribution in [0.1, 0.15) is 6.92 Å². The molecule has 46 valence electrons. The fourth-order valence-corrected chi connectivity index (χ4v) is 0.211. The molecule has 0 spiro atoms. The quantitative estimate of drug-likeness (QED) is 0.456. The molecule has 0 aromatic rings. The third-order valence-corrected chi connectivity index (χ3v) is 1.21. The highest BCUT2D eigenvalue weighted by atomic mass is 35.5. The fourth-order valence-electron chi connectivity index (χ4n) is 0.211. The molecule has 3 heteroatoms. The summed E-state index contributed by atoms with van der Waals surface area (Å²) in [7, 11) is 0. The highest BCUT2D eigenvalue weighted by Crippen LogP contribution is 2.05. The normalized spacial score (nSPS) is 12.8. The molecular weight excluding hydrogens is 128 g/mol. The lowest BCUT2D eigenvalue weighted by atomic mass is 10.2. The van der Waals surface area contributed by atoms with Gasteiger partial charge in [-0.3, -0.25) is 4.79 Å². The Morgan fingerprint density at radius 3 is 2.25 bits per heavy atom. The van der Waals surface area contributed by atoms with Crippen LogP contribution in [0.15, 0.2) is 12.2 Å². The highest BCUT2D eigenvalue weighted by molar-refractivity contribution is 6.31. The first-order valence-corrected chi connectivity index (χ1v) is 2.51. The SMILES string of the molecule is C=C(C)C(Cl)C(=O)O. The zero-order valence-corrected chi connectivity index (χ0v) is 5.27. The van der Waals surface area contributed by atoms with E-state index < -0.39 is 11.3 Å². The van der Waals surface area contributed by atoms with E-state index in [9.17, 15) is 4.79 Å². The molecule has 0 aliphatic heterocycles. The van der Waals surface area contributed by atoms with Crippen LogP contribution in [-0.4, -0.2) is 16.5 Å². The zero-order valence-electron chi connectivity index (χ0n) is 4.52. The molecule has 0 heterocycles. The number of hydrogen-bond donors (Lipinski definition) is 1. The maximum absolute atomic E-state index is 9.95. The van der Waals surface area contributed by atoms with Gasteiger partial charge in [0.05, 0.1) is 0 Å². The number of carboxylic acid groups (broad SMARTS) is 1. The second-order valence-electron chi connectivity index (χ2n) is 1.55. The maximum Gasteiger partial charge on any atom is 0.325 e. The molecule has 1 unspecified atom stereocenters. The Balaban J connectivity index is 3.83. The third-order valence-electron chi connectivity index (χ3n) is 0.649. The summed E-state index contributed by atoms with van der Waals surface area (Å²) in [6, 6.07) is 0. The topological polar surface area (TPSA) is 37.3 Å². The monoisotopic (exact) mass is 134 g/mol. The minimum atomic E-state index is -1.04. The van der Waals surface area contributed by atoms with E-state index in [4.69, 9.17) is 16.7 Å². The van der Waals surface area contributed by atoms with Gasteiger partial charge in [-0.2, -0.15) is 0 Å². The van der Waals surface area contributed by atoms with Crippen LogP contribution in [0, 0.1) is 0 Å². The Kier molecular flexibility index (Phi) is 2.55. The van der Waals surface area contributed by atoms with Crippen LogP contribution in [-0.2, 0) is 4.79 Å². The summed E-state index contributed by atoms with van der Waals surface area (Å²) in [5.74, 6) is -1.04. The van der Waals surface area contributed by atoms with Crippen molar-refractivity contribution >= 4 is 17.6 Å². The summed E-state index contributed by atoms with van der Waals surface area (Å²) >= 11 is 5.25. The third kappa shape index (κ3) is 1.98. The molecule has 0 bridgehead atoms. The van der Waals surface area contributed by atoms with E-state index in [1.54, 1.807) is 6.92 Å². The summed E-state index contributed by atoms with van der Waals surface area (Å²) in [5, 5.41) is 7.22. The van der Waals surface area contributed by atoms with Gasteiger partial charge in [0.1, 0.15) is 0 Å². The van der Waals surface area contributed by atoms with Crippen molar-refractivity contribution in [3.05, 3.63) is 12.2 Å². The minimum absolute atomic E-state index is 0.458. The van der Waals surface area contributed by atoms with E-state index in [1.165, 1.54) is 0 Å². The molecule has 0 amide bonds. The molecule has 0 saturated carbocycles. The van der Waals surface area contributed by atoms with E-state index in [1.807, 2.05) is 0 Å². The van der Waals surface area contributed by atoms with Crippen LogP contribution < -0.4 is 0 Å². The van der Waals surface area contributed by atoms with Crippen molar-refractivity contribution in [2.45, 2.75) is 12.3 Å². The van der Waals surface area contributed by atoms with Crippen LogP contribution in [0.2, 0.25) is 0 Å². The van der Waals surface area contributed by atoms with Crippen molar-refractivity contribution in [1.82, 2.24) is 0 Å². The van der Waals surface area contributed by atoms with Gasteiger partial charge in [-0.15, -0.1) is 11.6 Å². The van der Waals surface area contributed by atoms with Gasteiger partial charge in [0.2, 0.25) is 0 Å². The molecular formula is C5H7ClO2. The molecule has 1 atom stereocenters. The highest BCUT2D eigenvalue weighted by Gasteiger charge is 2.12. The molecule has 0 radical (unpaired) electrons. The smallest absolute Gasteiger partial charge is 0.325 e. The maximum atomic E-state index is 9.95. The van der Waals surface area contributed by atoms with E-state index in [2.05, 4.69) is 6.58 Å². The summed E-state index contributed by atoms with van der Waals surface area (Å²) in [5.41, 5.74) is 0.458. The van der Waals surface area contributed by atoms with E-state index in [0.717, 1.165) is 0 Å². The number of halogens is 1. The largest absolute Gasteiger partial charge is 0.480 e. The first-order valence-electron chi connectivity index (χ1n) is 2.08. The number of hydrogen-bond acceptors (Lipinski definition) is 1. The van der Waals surface area contributed by atoms with Gasteiger partial charge in [0, 0.05) is 0 Å². The average Bonchev–Trinajstić information content (AvgIpc) is 1.64. The molecule has 0 aromatic carbocycles. The Hall–Kier alpha value is -0.500. The molecule has 1 N–H and O–H groups in total. The summed E-state index contributed by atoms with van der Waals surface area (Å²) in [6.07, 6.45) is 0. The second kappa shape index (κ2) is 2.72. The first-order chi connectivity index (χ1) is 3.55. The van der Waals surface area contributed by atoms with E-state index in [0.29, 0.717) is 5.57 Å². The Bertz CT molecular complexity index is 106. The van der Waals surface area contributed by atoms with Gasteiger partial charge < -0.3 is 5.11 Å². The fraction of sp³-hybridized carbons (Fsp3) is 0.400.